The van der Waals surface area contributed by atoms with E-state index in [0.717, 1.165) is 17.0 Å². The van der Waals surface area contributed by atoms with Crippen molar-refractivity contribution >= 4 is 11.5 Å². The molecule has 6 nitrogen and oxygen atoms in total. The number of aromatic nitrogens is 3. The van der Waals surface area contributed by atoms with Gasteiger partial charge in [0.25, 0.3) is 5.69 Å². The quantitative estimate of drug-likeness (QED) is 0.421. The molecular formula is C12H9N4O2+. The maximum atomic E-state index is 10.6. The normalized spacial score (nSPS) is 10.7. The van der Waals surface area contributed by atoms with Crippen LogP contribution in [0.5, 0.6) is 0 Å². The first-order valence-corrected chi connectivity index (χ1v) is 5.34. The molecule has 0 saturated carbocycles. The van der Waals surface area contributed by atoms with Crippen LogP contribution < -0.4 is 4.40 Å². The lowest BCUT2D eigenvalue weighted by atomic mass is 10.1. The molecule has 0 aliphatic heterocycles. The first-order chi connectivity index (χ1) is 8.74. The van der Waals surface area contributed by atoms with Crippen molar-refractivity contribution in [1.29, 1.82) is 0 Å². The summed E-state index contributed by atoms with van der Waals surface area (Å²) in [6.07, 6.45) is 5.47. The number of nitro benzene ring substituents is 1. The Balaban J connectivity index is 2.06. The minimum Gasteiger partial charge on any atom is -0.258 e. The molecule has 0 atom stereocenters. The number of nitro groups is 1. The molecule has 18 heavy (non-hydrogen) atoms. The van der Waals surface area contributed by atoms with Crippen molar-refractivity contribution in [3.8, 4) is 11.3 Å². The number of fused-ring (bicyclic) bond motifs is 1. The van der Waals surface area contributed by atoms with Gasteiger partial charge in [0.15, 0.2) is 0 Å². The number of aromatic amines is 1. The second-order valence-corrected chi connectivity index (χ2v) is 3.82. The van der Waals surface area contributed by atoms with Crippen LogP contribution >= 0.6 is 0 Å². The Morgan fingerprint density at radius 3 is 2.72 bits per heavy atom. The molecule has 3 rings (SSSR count). The van der Waals surface area contributed by atoms with Gasteiger partial charge in [0.2, 0.25) is 0 Å². The maximum absolute atomic E-state index is 10.6. The largest absolute Gasteiger partial charge is 0.401 e. The van der Waals surface area contributed by atoms with E-state index in [1.165, 1.54) is 12.1 Å². The fraction of sp³-hybridized carbons (Fsp3) is 0. The summed E-state index contributed by atoms with van der Waals surface area (Å²) < 4.78 is 1.86. The molecule has 88 valence electrons. The summed E-state index contributed by atoms with van der Waals surface area (Å²) in [6, 6.07) is 8.23. The molecule has 0 bridgehead atoms. The summed E-state index contributed by atoms with van der Waals surface area (Å²) in [6.45, 7) is 0. The zero-order valence-electron chi connectivity index (χ0n) is 9.28. The van der Waals surface area contributed by atoms with Crippen LogP contribution in [-0.4, -0.2) is 14.9 Å². The van der Waals surface area contributed by atoms with Crippen LogP contribution in [0.1, 0.15) is 0 Å². The zero-order chi connectivity index (χ0) is 12.5. The molecule has 3 aromatic rings. The molecular weight excluding hydrogens is 232 g/mol. The smallest absolute Gasteiger partial charge is 0.258 e. The van der Waals surface area contributed by atoms with Gasteiger partial charge in [0, 0.05) is 23.8 Å². The number of H-pyrrole nitrogens is 1. The molecule has 0 unspecified atom stereocenters. The summed E-state index contributed by atoms with van der Waals surface area (Å²) >= 11 is 0. The third kappa shape index (κ3) is 1.69. The molecule has 0 aliphatic rings. The Morgan fingerprint density at radius 2 is 2.06 bits per heavy atom. The van der Waals surface area contributed by atoms with Crippen LogP contribution in [0.25, 0.3) is 17.0 Å². The Labute approximate surface area is 102 Å². The van der Waals surface area contributed by atoms with Crippen LogP contribution in [0, 0.1) is 10.1 Å². The molecule has 0 saturated heterocycles. The van der Waals surface area contributed by atoms with Crippen LogP contribution in [0.3, 0.4) is 0 Å². The van der Waals surface area contributed by atoms with Crippen molar-refractivity contribution in [2.24, 2.45) is 0 Å². The standard InChI is InChI=1S/C12H8N4O2/c17-16(18)10-4-2-9(3-5-10)11-8-15-7-1-6-13-12(15)14-11/h1-8H/p+1. The molecule has 0 spiro atoms. The molecule has 0 fully saturated rings. The Hall–Kier alpha value is -2.76. The second kappa shape index (κ2) is 3.92. The molecule has 1 N–H and O–H groups in total. The Kier molecular flexibility index (Phi) is 2.26. The van der Waals surface area contributed by atoms with Gasteiger partial charge in [-0.15, -0.1) is 0 Å². The monoisotopic (exact) mass is 241 g/mol. The van der Waals surface area contributed by atoms with E-state index in [4.69, 9.17) is 0 Å². The van der Waals surface area contributed by atoms with Crippen LogP contribution in [0.4, 0.5) is 5.69 Å². The lowest BCUT2D eigenvalue weighted by Gasteiger charge is -1.93. The topological polar surface area (TPSA) is 75.9 Å². The van der Waals surface area contributed by atoms with Crippen LogP contribution in [0.2, 0.25) is 0 Å². The molecule has 0 radical (unpaired) electrons. The zero-order valence-corrected chi connectivity index (χ0v) is 9.28. The molecule has 0 aliphatic carbocycles. The summed E-state index contributed by atoms with van der Waals surface area (Å²) in [5, 5.41) is 10.6. The number of imidazole rings is 1. The van der Waals surface area contributed by atoms with Gasteiger partial charge >= 0.3 is 5.78 Å². The number of benzene rings is 1. The first kappa shape index (κ1) is 10.4. The predicted molar refractivity (Wildman–Crippen MR) is 63.8 cm³/mol. The van der Waals surface area contributed by atoms with Crippen molar-refractivity contribution in [3.63, 3.8) is 0 Å². The lowest BCUT2D eigenvalue weighted by Crippen LogP contribution is -2.17. The Morgan fingerprint density at radius 1 is 1.28 bits per heavy atom. The van der Waals surface area contributed by atoms with Gasteiger partial charge in [-0.05, 0) is 12.1 Å². The molecule has 2 heterocycles. The summed E-state index contributed by atoms with van der Waals surface area (Å²) in [5.41, 5.74) is 1.83. The van der Waals surface area contributed by atoms with Gasteiger partial charge in [0.05, 0.1) is 11.1 Å². The third-order valence-corrected chi connectivity index (χ3v) is 2.68. The molecule has 2 aromatic heterocycles. The maximum Gasteiger partial charge on any atom is 0.401 e. The number of nitrogens with one attached hydrogen (secondary N) is 1. The second-order valence-electron chi connectivity index (χ2n) is 3.82. The van der Waals surface area contributed by atoms with Crippen LogP contribution in [0.15, 0.2) is 48.9 Å². The van der Waals surface area contributed by atoms with E-state index in [1.807, 2.05) is 22.9 Å². The van der Waals surface area contributed by atoms with Gasteiger partial charge in [-0.2, -0.15) is 0 Å². The van der Waals surface area contributed by atoms with E-state index in [0.29, 0.717) is 0 Å². The van der Waals surface area contributed by atoms with E-state index >= 15 is 0 Å². The number of rotatable bonds is 2. The van der Waals surface area contributed by atoms with Gasteiger partial charge in [-0.3, -0.25) is 10.1 Å². The SMILES string of the molecule is O=[N+]([O-])c1ccc(-c2c[n+]3cccnc3[nH]2)cc1. The third-order valence-electron chi connectivity index (χ3n) is 2.68. The van der Waals surface area contributed by atoms with Crippen molar-refractivity contribution < 1.29 is 9.32 Å². The Bertz CT molecular complexity index is 685. The minimum absolute atomic E-state index is 0.0839. The highest BCUT2D eigenvalue weighted by Gasteiger charge is 2.11. The van der Waals surface area contributed by atoms with E-state index in [1.54, 1.807) is 18.3 Å². The summed E-state index contributed by atoms with van der Waals surface area (Å²) in [4.78, 5) is 17.5. The first-order valence-electron chi connectivity index (χ1n) is 5.34. The van der Waals surface area contributed by atoms with Crippen LogP contribution in [-0.2, 0) is 0 Å². The van der Waals surface area contributed by atoms with Crippen molar-refractivity contribution in [2.45, 2.75) is 0 Å². The highest BCUT2D eigenvalue weighted by Crippen LogP contribution is 2.20. The number of nitrogens with zero attached hydrogens (tertiary/aromatic N) is 3. The predicted octanol–water partition coefficient (Wildman–Crippen LogP) is 1.72. The van der Waals surface area contributed by atoms with Crippen molar-refractivity contribution in [1.82, 2.24) is 9.97 Å². The number of hydrogen-bond donors (Lipinski definition) is 1. The summed E-state index contributed by atoms with van der Waals surface area (Å²) in [7, 11) is 0. The van der Waals surface area contributed by atoms with Gasteiger partial charge in [-0.1, -0.05) is 4.98 Å². The average molecular weight is 241 g/mol. The highest BCUT2D eigenvalue weighted by molar-refractivity contribution is 5.60. The van der Waals surface area contributed by atoms with Crippen molar-refractivity contribution in [3.05, 3.63) is 59.0 Å². The number of non-ortho nitro benzene ring substituents is 1. The number of hydrogen-bond acceptors (Lipinski definition) is 3. The fourth-order valence-corrected chi connectivity index (χ4v) is 1.78. The minimum atomic E-state index is -0.411. The molecule has 6 heteroatoms. The van der Waals surface area contributed by atoms with Gasteiger partial charge < -0.3 is 0 Å². The highest BCUT2D eigenvalue weighted by atomic mass is 16.6. The van der Waals surface area contributed by atoms with E-state index in [9.17, 15) is 10.1 Å². The van der Waals surface area contributed by atoms with Gasteiger partial charge in [-0.25, -0.2) is 9.38 Å². The lowest BCUT2D eigenvalue weighted by molar-refractivity contribution is -0.512. The van der Waals surface area contributed by atoms with E-state index in [-0.39, 0.29) is 5.69 Å². The average Bonchev–Trinajstić information content (AvgIpc) is 2.82. The molecule has 0 amide bonds. The van der Waals surface area contributed by atoms with Crippen molar-refractivity contribution in [2.75, 3.05) is 0 Å². The van der Waals surface area contributed by atoms with Gasteiger partial charge in [0.1, 0.15) is 18.1 Å². The van der Waals surface area contributed by atoms with E-state index < -0.39 is 4.92 Å². The fourth-order valence-electron chi connectivity index (χ4n) is 1.78. The van der Waals surface area contributed by atoms with E-state index in [2.05, 4.69) is 9.97 Å². The molecule has 1 aromatic carbocycles. The summed E-state index contributed by atoms with van der Waals surface area (Å²) in [5.74, 6) is 0.728.